The molecule has 1 heterocycles. The normalized spacial score (nSPS) is 17.7. The summed E-state index contributed by atoms with van der Waals surface area (Å²) in [6.07, 6.45) is 5.00. The maximum Gasteiger partial charge on any atom is 0.191 e. The molecule has 1 saturated heterocycles. The molecule has 19 heavy (non-hydrogen) atoms. The fraction of sp³-hybridized carbons (Fsp3) is 0.929. The minimum absolute atomic E-state index is 0. The lowest BCUT2D eigenvalue weighted by atomic mass is 10.00. The maximum atomic E-state index is 6.04. The Bertz CT molecular complexity index is 250. The number of halogens is 1. The predicted octanol–water partition coefficient (Wildman–Crippen LogP) is 2.38. The summed E-state index contributed by atoms with van der Waals surface area (Å²) in [6, 6.07) is 0. The molecule has 4 nitrogen and oxygen atoms in total. The van der Waals surface area contributed by atoms with E-state index in [0.717, 1.165) is 44.6 Å². The molecule has 5 heteroatoms. The Balaban J connectivity index is 0.00000324. The summed E-state index contributed by atoms with van der Waals surface area (Å²) >= 11 is 0. The number of rotatable bonds is 6. The van der Waals surface area contributed by atoms with E-state index in [1.165, 1.54) is 25.7 Å². The van der Waals surface area contributed by atoms with Crippen LogP contribution in [-0.2, 0) is 0 Å². The lowest BCUT2D eigenvalue weighted by Gasteiger charge is -2.31. The number of piperidine rings is 1. The van der Waals surface area contributed by atoms with E-state index in [9.17, 15) is 0 Å². The van der Waals surface area contributed by atoms with Gasteiger partial charge in [0, 0.05) is 19.6 Å². The second-order valence-electron chi connectivity index (χ2n) is 5.57. The minimum atomic E-state index is 0. The first kappa shape index (κ1) is 19.0. The molecule has 0 spiro atoms. The number of nitrogens with zero attached hydrogens (tertiary/aromatic N) is 3. The number of guanidine groups is 1. The highest BCUT2D eigenvalue weighted by Crippen LogP contribution is 2.15. The lowest BCUT2D eigenvalue weighted by Crippen LogP contribution is -2.42. The van der Waals surface area contributed by atoms with E-state index in [4.69, 9.17) is 5.73 Å². The van der Waals surface area contributed by atoms with Crippen molar-refractivity contribution in [2.75, 3.05) is 39.8 Å². The van der Waals surface area contributed by atoms with Crippen molar-refractivity contribution >= 4 is 29.9 Å². The summed E-state index contributed by atoms with van der Waals surface area (Å²) in [5.41, 5.74) is 6.04. The molecule has 1 fully saturated rings. The smallest absolute Gasteiger partial charge is 0.191 e. The summed E-state index contributed by atoms with van der Waals surface area (Å²) in [5.74, 6) is 1.58. The van der Waals surface area contributed by atoms with Crippen molar-refractivity contribution in [1.82, 2.24) is 9.80 Å². The average Bonchev–Trinajstić information content (AvgIpc) is 2.37. The van der Waals surface area contributed by atoms with Crippen molar-refractivity contribution in [3.05, 3.63) is 0 Å². The summed E-state index contributed by atoms with van der Waals surface area (Å²) < 4.78 is 0. The van der Waals surface area contributed by atoms with Crippen LogP contribution in [0.4, 0.5) is 0 Å². The number of hydrogen-bond acceptors (Lipinski definition) is 2. The van der Waals surface area contributed by atoms with E-state index >= 15 is 0 Å². The van der Waals surface area contributed by atoms with Crippen LogP contribution in [0.2, 0.25) is 0 Å². The van der Waals surface area contributed by atoms with Gasteiger partial charge in [-0.15, -0.1) is 24.0 Å². The van der Waals surface area contributed by atoms with Crippen LogP contribution in [0.1, 0.15) is 39.5 Å². The molecule has 114 valence electrons. The summed E-state index contributed by atoms with van der Waals surface area (Å²) in [5, 5.41) is 0. The van der Waals surface area contributed by atoms with Crippen LogP contribution in [0.25, 0.3) is 0 Å². The molecule has 0 aromatic carbocycles. The van der Waals surface area contributed by atoms with Gasteiger partial charge in [-0.1, -0.05) is 20.3 Å². The number of likely N-dealkylation sites (N-methyl/N-ethyl adjacent to an activating group) is 1. The monoisotopic (exact) mass is 382 g/mol. The third kappa shape index (κ3) is 7.97. The van der Waals surface area contributed by atoms with Crippen LogP contribution in [0.5, 0.6) is 0 Å². The highest BCUT2D eigenvalue weighted by atomic mass is 127. The largest absolute Gasteiger partial charge is 0.370 e. The fourth-order valence-corrected chi connectivity index (χ4v) is 2.21. The van der Waals surface area contributed by atoms with Crippen molar-refractivity contribution in [2.45, 2.75) is 39.5 Å². The Labute approximate surface area is 135 Å². The van der Waals surface area contributed by atoms with E-state index in [1.807, 2.05) is 0 Å². The average molecular weight is 382 g/mol. The topological polar surface area (TPSA) is 44.9 Å². The highest BCUT2D eigenvalue weighted by Gasteiger charge is 2.16. The Morgan fingerprint density at radius 2 is 1.95 bits per heavy atom. The van der Waals surface area contributed by atoms with Crippen molar-refractivity contribution in [3.8, 4) is 0 Å². The quantitative estimate of drug-likeness (QED) is 0.436. The molecule has 1 aliphatic heterocycles. The summed E-state index contributed by atoms with van der Waals surface area (Å²) in [4.78, 5) is 9.06. The standard InChI is InChI=1S/C14H30N4.HI/c1-4-5-9-17(3)12-8-16-14(15)18-10-6-13(2)7-11-18;/h13H,4-12H2,1-3H3,(H2,15,16);1H. The molecule has 2 N–H and O–H groups in total. The fourth-order valence-electron chi connectivity index (χ4n) is 2.21. The van der Waals surface area contributed by atoms with Crippen molar-refractivity contribution in [3.63, 3.8) is 0 Å². The van der Waals surface area contributed by atoms with Gasteiger partial charge in [-0.25, -0.2) is 0 Å². The predicted molar refractivity (Wildman–Crippen MR) is 94.3 cm³/mol. The molecule has 1 rings (SSSR count). The zero-order valence-corrected chi connectivity index (χ0v) is 15.1. The first-order valence-corrected chi connectivity index (χ1v) is 7.37. The Morgan fingerprint density at radius 1 is 1.32 bits per heavy atom. The van der Waals surface area contributed by atoms with Gasteiger partial charge in [-0.3, -0.25) is 4.99 Å². The highest BCUT2D eigenvalue weighted by molar-refractivity contribution is 14.0. The zero-order valence-electron chi connectivity index (χ0n) is 12.8. The molecule has 0 aromatic rings. The molecule has 0 saturated carbocycles. The third-order valence-corrected chi connectivity index (χ3v) is 3.76. The Kier molecular flexibility index (Phi) is 10.7. The van der Waals surface area contributed by atoms with Crippen LogP contribution in [0, 0.1) is 5.92 Å². The van der Waals surface area contributed by atoms with E-state index in [-0.39, 0.29) is 24.0 Å². The number of hydrogen-bond donors (Lipinski definition) is 1. The minimum Gasteiger partial charge on any atom is -0.370 e. The van der Waals surface area contributed by atoms with Gasteiger partial charge >= 0.3 is 0 Å². The summed E-state index contributed by atoms with van der Waals surface area (Å²) in [7, 11) is 2.16. The molecule has 0 radical (unpaired) electrons. The molecule has 0 unspecified atom stereocenters. The van der Waals surface area contributed by atoms with E-state index in [1.54, 1.807) is 0 Å². The summed E-state index contributed by atoms with van der Waals surface area (Å²) in [6.45, 7) is 9.66. The van der Waals surface area contributed by atoms with Gasteiger partial charge in [0.15, 0.2) is 5.96 Å². The molecular weight excluding hydrogens is 351 g/mol. The van der Waals surface area contributed by atoms with Gasteiger partial charge in [-0.2, -0.15) is 0 Å². The molecular formula is C14H31IN4. The molecule has 0 atom stereocenters. The SMILES string of the molecule is CCCCN(C)CCN=C(N)N1CCC(C)CC1.I. The number of likely N-dealkylation sites (tertiary alicyclic amines) is 1. The van der Waals surface area contributed by atoms with Crippen LogP contribution in [0.3, 0.4) is 0 Å². The molecule has 0 aliphatic carbocycles. The zero-order chi connectivity index (χ0) is 13.4. The number of aliphatic imine (C=N–C) groups is 1. The van der Waals surface area contributed by atoms with Crippen molar-refractivity contribution in [1.29, 1.82) is 0 Å². The van der Waals surface area contributed by atoms with Crippen LogP contribution < -0.4 is 5.73 Å². The van der Waals surface area contributed by atoms with E-state index in [2.05, 4.69) is 35.7 Å². The first-order chi connectivity index (χ1) is 8.63. The van der Waals surface area contributed by atoms with Crippen molar-refractivity contribution in [2.24, 2.45) is 16.6 Å². The van der Waals surface area contributed by atoms with Crippen LogP contribution in [-0.4, -0.2) is 55.5 Å². The van der Waals surface area contributed by atoms with Crippen LogP contribution in [0.15, 0.2) is 4.99 Å². The second-order valence-corrected chi connectivity index (χ2v) is 5.57. The van der Waals surface area contributed by atoms with Crippen molar-refractivity contribution < 1.29 is 0 Å². The first-order valence-electron chi connectivity index (χ1n) is 7.37. The van der Waals surface area contributed by atoms with Crippen LogP contribution >= 0.6 is 24.0 Å². The Hall–Kier alpha value is -0.0400. The molecule has 0 bridgehead atoms. The molecule has 1 aliphatic rings. The Morgan fingerprint density at radius 3 is 2.53 bits per heavy atom. The number of unbranched alkanes of at least 4 members (excludes halogenated alkanes) is 1. The number of nitrogens with two attached hydrogens (primary N) is 1. The van der Waals surface area contributed by atoms with E-state index < -0.39 is 0 Å². The molecule has 0 amide bonds. The van der Waals surface area contributed by atoms with Gasteiger partial charge in [-0.05, 0) is 38.8 Å². The van der Waals surface area contributed by atoms with E-state index in [0.29, 0.717) is 0 Å². The third-order valence-electron chi connectivity index (χ3n) is 3.76. The van der Waals surface area contributed by atoms with Gasteiger partial charge in [0.25, 0.3) is 0 Å². The molecule has 0 aromatic heterocycles. The van der Waals surface area contributed by atoms with Gasteiger partial charge in [0.2, 0.25) is 0 Å². The van der Waals surface area contributed by atoms with Gasteiger partial charge in [0.1, 0.15) is 0 Å². The lowest BCUT2D eigenvalue weighted by molar-refractivity contribution is 0.276. The maximum absolute atomic E-state index is 6.04. The second kappa shape index (κ2) is 10.7. The van der Waals surface area contributed by atoms with Gasteiger partial charge < -0.3 is 15.5 Å². The van der Waals surface area contributed by atoms with Gasteiger partial charge in [0.05, 0.1) is 6.54 Å².